The van der Waals surface area contributed by atoms with E-state index in [1.807, 2.05) is 12.1 Å². The summed E-state index contributed by atoms with van der Waals surface area (Å²) in [6, 6.07) is 5.90. The molecule has 0 radical (unpaired) electrons. The number of carbonyl (C=O) groups excluding carboxylic acids is 1. The molecule has 1 aliphatic carbocycles. The van der Waals surface area contributed by atoms with E-state index in [0.717, 1.165) is 30.4 Å². The first-order valence-electron chi connectivity index (χ1n) is 11.0. The molecule has 11 heteroatoms. The van der Waals surface area contributed by atoms with Gasteiger partial charge in [0.05, 0.1) is 0 Å². The van der Waals surface area contributed by atoms with Crippen LogP contribution in [-0.2, 0) is 0 Å². The summed E-state index contributed by atoms with van der Waals surface area (Å²) in [6.07, 6.45) is 6.51. The SMILES string of the molecule is [C-]#[N+]c1c[nH]c(C(=O)Nc2ccc(C3CNC(=N[N+](=O)[O-])NC3)cc2C2=CCC(C)(C)CC2)n1. The van der Waals surface area contributed by atoms with Crippen LogP contribution in [0.3, 0.4) is 0 Å². The van der Waals surface area contributed by atoms with Gasteiger partial charge in [0.2, 0.25) is 0 Å². The molecule has 0 spiro atoms. The molecular weight excluding hydrogens is 436 g/mol. The fourth-order valence-corrected chi connectivity index (χ4v) is 4.14. The van der Waals surface area contributed by atoms with Gasteiger partial charge in [-0.3, -0.25) is 4.79 Å². The first-order valence-corrected chi connectivity index (χ1v) is 11.0. The van der Waals surface area contributed by atoms with Gasteiger partial charge in [0.1, 0.15) is 5.10 Å². The van der Waals surface area contributed by atoms with Crippen molar-refractivity contribution in [3.05, 3.63) is 69.0 Å². The molecule has 1 aliphatic heterocycles. The first kappa shape index (κ1) is 23.0. The van der Waals surface area contributed by atoms with Gasteiger partial charge in [0, 0.05) is 36.5 Å². The lowest BCUT2D eigenvalue weighted by Crippen LogP contribution is -2.48. The highest BCUT2D eigenvalue weighted by Crippen LogP contribution is 2.40. The number of allylic oxidation sites excluding steroid dienone is 2. The number of benzene rings is 1. The number of amides is 1. The molecule has 4 N–H and O–H groups in total. The van der Waals surface area contributed by atoms with E-state index < -0.39 is 10.9 Å². The molecule has 1 aromatic heterocycles. The smallest absolute Gasteiger partial charge is 0.316 e. The van der Waals surface area contributed by atoms with Crippen LogP contribution >= 0.6 is 0 Å². The summed E-state index contributed by atoms with van der Waals surface area (Å²) in [5.74, 6) is 0.0246. The molecule has 2 aromatic rings. The zero-order chi connectivity index (χ0) is 24.3. The number of aromatic nitrogens is 2. The Balaban J connectivity index is 1.61. The summed E-state index contributed by atoms with van der Waals surface area (Å²) >= 11 is 0. The second-order valence-electron chi connectivity index (χ2n) is 9.22. The first-order chi connectivity index (χ1) is 16.2. The quantitative estimate of drug-likeness (QED) is 0.304. The van der Waals surface area contributed by atoms with Crippen LogP contribution in [0.25, 0.3) is 10.4 Å². The summed E-state index contributed by atoms with van der Waals surface area (Å²) in [6.45, 7) is 12.5. The Morgan fingerprint density at radius 1 is 1.35 bits per heavy atom. The number of imidazole rings is 1. The van der Waals surface area contributed by atoms with Crippen molar-refractivity contribution in [2.24, 2.45) is 10.5 Å². The van der Waals surface area contributed by atoms with Gasteiger partial charge in [0.25, 0.3) is 17.6 Å². The summed E-state index contributed by atoms with van der Waals surface area (Å²) < 4.78 is 0. The van der Waals surface area contributed by atoms with Crippen LogP contribution in [0.2, 0.25) is 0 Å². The van der Waals surface area contributed by atoms with Gasteiger partial charge in [-0.15, -0.1) is 0 Å². The van der Waals surface area contributed by atoms with E-state index >= 15 is 0 Å². The number of nitrogens with one attached hydrogen (secondary N) is 4. The average Bonchev–Trinajstić information content (AvgIpc) is 3.29. The van der Waals surface area contributed by atoms with Crippen molar-refractivity contribution in [3.63, 3.8) is 0 Å². The summed E-state index contributed by atoms with van der Waals surface area (Å²) in [5, 5.41) is 22.0. The Morgan fingerprint density at radius 3 is 2.74 bits per heavy atom. The van der Waals surface area contributed by atoms with Crippen molar-refractivity contribution in [1.29, 1.82) is 0 Å². The van der Waals surface area contributed by atoms with E-state index in [1.165, 1.54) is 11.8 Å². The second-order valence-corrected chi connectivity index (χ2v) is 9.22. The standard InChI is InChI=1S/C23H26N8O3/c1-23(2)8-6-14(7-9-23)17-10-15(16-11-26-22(27-12-16)30-31(33)34)4-5-18(17)28-21(32)20-25-13-19(24-3)29-20/h4-6,10,13,16H,7-9,11-12H2,1-2H3,(H,25,29)(H,28,32)(H2,26,27,30). The van der Waals surface area contributed by atoms with Gasteiger partial charge in [-0.05, 0) is 47.9 Å². The zero-order valence-electron chi connectivity index (χ0n) is 19.0. The minimum Gasteiger partial charge on any atom is -0.359 e. The highest BCUT2D eigenvalue weighted by atomic mass is 16.7. The van der Waals surface area contributed by atoms with Gasteiger partial charge in [-0.1, -0.05) is 37.5 Å². The number of hydrazone groups is 1. The van der Waals surface area contributed by atoms with Crippen molar-refractivity contribution < 1.29 is 9.83 Å². The number of rotatable bonds is 5. The maximum absolute atomic E-state index is 12.8. The largest absolute Gasteiger partial charge is 0.359 e. The molecule has 0 saturated carbocycles. The Hall–Kier alpha value is -4.20. The predicted molar refractivity (Wildman–Crippen MR) is 128 cm³/mol. The van der Waals surface area contributed by atoms with Gasteiger partial charge in [-0.25, -0.2) is 10.1 Å². The van der Waals surface area contributed by atoms with Crippen LogP contribution in [-0.4, -0.2) is 40.0 Å². The third kappa shape index (κ3) is 5.23. The molecular formula is C23H26N8O3. The topological polar surface area (TPSA) is 142 Å². The van der Waals surface area contributed by atoms with E-state index in [2.05, 4.69) is 61.9 Å². The lowest BCUT2D eigenvalue weighted by Gasteiger charge is -2.30. The van der Waals surface area contributed by atoms with E-state index in [-0.39, 0.29) is 28.9 Å². The number of H-pyrrole nitrogens is 1. The molecule has 1 fully saturated rings. The number of nitrogens with zero attached hydrogens (tertiary/aromatic N) is 4. The number of anilines is 1. The van der Waals surface area contributed by atoms with E-state index in [4.69, 9.17) is 6.57 Å². The van der Waals surface area contributed by atoms with E-state index in [9.17, 15) is 14.9 Å². The molecule has 176 valence electrons. The Kier molecular flexibility index (Phi) is 6.32. The average molecular weight is 463 g/mol. The van der Waals surface area contributed by atoms with E-state index in [1.54, 1.807) is 0 Å². The van der Waals surface area contributed by atoms with Crippen molar-refractivity contribution in [2.45, 2.75) is 39.0 Å². The number of aromatic amines is 1. The molecule has 1 saturated heterocycles. The Bertz CT molecular complexity index is 1210. The minimum absolute atomic E-state index is 0.0705. The minimum atomic E-state index is -0.734. The number of hydrogen-bond donors (Lipinski definition) is 4. The molecule has 0 bridgehead atoms. The van der Waals surface area contributed by atoms with Crippen LogP contribution in [0, 0.1) is 22.1 Å². The van der Waals surface area contributed by atoms with Crippen molar-refractivity contribution in [3.8, 4) is 0 Å². The molecule has 0 atom stereocenters. The summed E-state index contributed by atoms with van der Waals surface area (Å²) in [5.41, 5.74) is 4.08. The number of hydrogen-bond acceptors (Lipinski definition) is 4. The predicted octanol–water partition coefficient (Wildman–Crippen LogP) is 3.63. The van der Waals surface area contributed by atoms with Gasteiger partial charge >= 0.3 is 5.91 Å². The third-order valence-electron chi connectivity index (χ3n) is 6.19. The lowest BCUT2D eigenvalue weighted by molar-refractivity contribution is -0.485. The summed E-state index contributed by atoms with van der Waals surface area (Å²) in [4.78, 5) is 33.3. The molecule has 0 unspecified atom stereocenters. The maximum Gasteiger partial charge on any atom is 0.316 e. The number of guanidine groups is 1. The number of carbonyl (C=O) groups is 1. The highest BCUT2D eigenvalue weighted by molar-refractivity contribution is 6.03. The summed E-state index contributed by atoms with van der Waals surface area (Å²) in [7, 11) is 0. The normalized spacial score (nSPS) is 19.1. The van der Waals surface area contributed by atoms with Crippen LogP contribution < -0.4 is 16.0 Å². The molecule has 11 nitrogen and oxygen atoms in total. The highest BCUT2D eigenvalue weighted by Gasteiger charge is 2.26. The number of nitro groups is 1. The fourth-order valence-electron chi connectivity index (χ4n) is 4.14. The van der Waals surface area contributed by atoms with Crippen molar-refractivity contribution >= 4 is 28.9 Å². The Morgan fingerprint density at radius 2 is 2.12 bits per heavy atom. The van der Waals surface area contributed by atoms with E-state index in [0.29, 0.717) is 18.8 Å². The fraction of sp³-hybridized carbons (Fsp3) is 0.391. The van der Waals surface area contributed by atoms with Gasteiger partial charge < -0.3 is 25.8 Å². The van der Waals surface area contributed by atoms with Crippen molar-refractivity contribution in [1.82, 2.24) is 20.6 Å². The zero-order valence-corrected chi connectivity index (χ0v) is 19.0. The third-order valence-corrected chi connectivity index (χ3v) is 6.19. The molecule has 1 aromatic carbocycles. The molecule has 4 rings (SSSR count). The lowest BCUT2D eigenvalue weighted by atomic mass is 9.76. The molecule has 2 aliphatic rings. The van der Waals surface area contributed by atoms with Gasteiger partial charge in [-0.2, -0.15) is 0 Å². The monoisotopic (exact) mass is 462 g/mol. The van der Waals surface area contributed by atoms with Crippen molar-refractivity contribution in [2.75, 3.05) is 18.4 Å². The van der Waals surface area contributed by atoms with Crippen LogP contribution in [0.15, 0.2) is 35.6 Å². The Labute approximate surface area is 196 Å². The van der Waals surface area contributed by atoms with Crippen LogP contribution in [0.1, 0.15) is 60.8 Å². The second kappa shape index (κ2) is 9.35. The molecule has 1 amide bonds. The van der Waals surface area contributed by atoms with Crippen LogP contribution in [0.5, 0.6) is 0 Å². The molecule has 34 heavy (non-hydrogen) atoms. The maximum atomic E-state index is 12.8. The van der Waals surface area contributed by atoms with Crippen LogP contribution in [0.4, 0.5) is 11.5 Å². The van der Waals surface area contributed by atoms with Gasteiger partial charge in [0.15, 0.2) is 5.03 Å². The molecule has 2 heterocycles.